The van der Waals surface area contributed by atoms with Gasteiger partial charge in [0.1, 0.15) is 12.4 Å². The van der Waals surface area contributed by atoms with Gasteiger partial charge in [0.2, 0.25) is 0 Å². The second kappa shape index (κ2) is 10.6. The molecule has 0 saturated heterocycles. The van der Waals surface area contributed by atoms with E-state index in [1.165, 1.54) is 0 Å². The molecule has 3 heteroatoms. The molecule has 0 atom stereocenters. The van der Waals surface area contributed by atoms with E-state index in [1.54, 1.807) is 0 Å². The molecule has 20 heavy (non-hydrogen) atoms. The number of halogens is 1. The molecule has 0 aliphatic carbocycles. The minimum Gasteiger partial charge on any atom is -0.491 e. The molecule has 0 spiro atoms. The van der Waals surface area contributed by atoms with Crippen molar-refractivity contribution in [3.63, 3.8) is 0 Å². The van der Waals surface area contributed by atoms with Gasteiger partial charge in [0.25, 0.3) is 0 Å². The molecule has 1 aromatic carbocycles. The first kappa shape index (κ1) is 16.9. The Hall–Kier alpha value is -1.17. The van der Waals surface area contributed by atoms with Crippen molar-refractivity contribution in [1.82, 2.24) is 0 Å². The van der Waals surface area contributed by atoms with Gasteiger partial charge in [-0.15, -0.1) is 11.6 Å². The third-order valence-electron chi connectivity index (χ3n) is 2.62. The summed E-state index contributed by atoms with van der Waals surface area (Å²) in [6.45, 7) is 6.36. The molecule has 0 aliphatic heterocycles. The van der Waals surface area contributed by atoms with Crippen LogP contribution >= 0.6 is 11.6 Å². The van der Waals surface area contributed by atoms with E-state index in [9.17, 15) is 0 Å². The second-order valence-corrected chi connectivity index (χ2v) is 5.29. The van der Waals surface area contributed by atoms with Gasteiger partial charge >= 0.3 is 0 Å². The highest BCUT2D eigenvalue weighted by Crippen LogP contribution is 2.12. The maximum Gasteiger partial charge on any atom is 0.120 e. The summed E-state index contributed by atoms with van der Waals surface area (Å²) < 4.78 is 11.1. The second-order valence-electron chi connectivity index (χ2n) is 4.91. The predicted molar refractivity (Wildman–Crippen MR) is 84.4 cm³/mol. The molecule has 0 aromatic heterocycles. The summed E-state index contributed by atoms with van der Waals surface area (Å²) in [5.74, 6) is 8.15. The summed E-state index contributed by atoms with van der Waals surface area (Å²) in [5, 5.41) is 0. The van der Waals surface area contributed by atoms with E-state index in [0.717, 1.165) is 24.3 Å². The first-order chi connectivity index (χ1) is 9.72. The average molecular weight is 295 g/mol. The molecule has 1 rings (SSSR count). The van der Waals surface area contributed by atoms with Crippen molar-refractivity contribution in [3.8, 4) is 17.6 Å². The summed E-state index contributed by atoms with van der Waals surface area (Å²) in [7, 11) is 0. The van der Waals surface area contributed by atoms with Crippen molar-refractivity contribution in [2.75, 3.05) is 25.7 Å². The fourth-order valence-corrected chi connectivity index (χ4v) is 1.61. The van der Waals surface area contributed by atoms with Crippen LogP contribution in [0, 0.1) is 17.8 Å². The van der Waals surface area contributed by atoms with E-state index >= 15 is 0 Å². The highest BCUT2D eigenvalue weighted by Gasteiger charge is 1.97. The minimum absolute atomic E-state index is 0.566. The van der Waals surface area contributed by atoms with Crippen molar-refractivity contribution in [2.45, 2.75) is 26.7 Å². The Morgan fingerprint density at radius 1 is 1.20 bits per heavy atom. The average Bonchev–Trinajstić information content (AvgIpc) is 2.43. The maximum atomic E-state index is 5.64. The van der Waals surface area contributed by atoms with Gasteiger partial charge in [0.05, 0.1) is 6.61 Å². The van der Waals surface area contributed by atoms with Crippen LogP contribution in [0.25, 0.3) is 0 Å². The molecule has 0 saturated carbocycles. The topological polar surface area (TPSA) is 18.5 Å². The standard InChI is InChI=1S/C17H23ClO2/c1-15(2)9-11-19-12-13-20-17-8-5-7-16(14-17)6-3-4-10-18/h5,7-8,14-15H,4,9-13H2,1-2H3. The normalized spacial score (nSPS) is 10.2. The van der Waals surface area contributed by atoms with Gasteiger partial charge in [-0.25, -0.2) is 0 Å². The summed E-state index contributed by atoms with van der Waals surface area (Å²) in [5.41, 5.74) is 0.952. The number of hydrogen-bond donors (Lipinski definition) is 0. The van der Waals surface area contributed by atoms with Crippen LogP contribution in [0.3, 0.4) is 0 Å². The van der Waals surface area contributed by atoms with Crippen molar-refractivity contribution >= 4 is 11.6 Å². The minimum atomic E-state index is 0.566. The lowest BCUT2D eigenvalue weighted by Crippen LogP contribution is -2.08. The zero-order valence-corrected chi connectivity index (χ0v) is 13.1. The number of rotatable bonds is 8. The van der Waals surface area contributed by atoms with Crippen LogP contribution in [-0.2, 0) is 4.74 Å². The van der Waals surface area contributed by atoms with Crippen molar-refractivity contribution in [2.24, 2.45) is 5.92 Å². The monoisotopic (exact) mass is 294 g/mol. The molecule has 1 aromatic rings. The van der Waals surface area contributed by atoms with Gasteiger partial charge in [-0.05, 0) is 30.5 Å². The molecule has 0 amide bonds. The largest absolute Gasteiger partial charge is 0.491 e. The van der Waals surface area contributed by atoms with E-state index in [-0.39, 0.29) is 0 Å². The van der Waals surface area contributed by atoms with Crippen molar-refractivity contribution in [3.05, 3.63) is 29.8 Å². The third kappa shape index (κ3) is 8.09. The fourth-order valence-electron chi connectivity index (χ4n) is 1.51. The van der Waals surface area contributed by atoms with E-state index < -0.39 is 0 Å². The molecule has 0 radical (unpaired) electrons. The first-order valence-electron chi connectivity index (χ1n) is 7.08. The smallest absolute Gasteiger partial charge is 0.120 e. The molecule has 2 nitrogen and oxygen atoms in total. The van der Waals surface area contributed by atoms with Gasteiger partial charge in [-0.2, -0.15) is 0 Å². The molecule has 110 valence electrons. The Bertz CT molecular complexity index is 432. The number of benzene rings is 1. The van der Waals surface area contributed by atoms with Gasteiger partial charge in [-0.1, -0.05) is 31.8 Å². The molecule has 0 aliphatic rings. The zero-order chi connectivity index (χ0) is 14.6. The van der Waals surface area contributed by atoms with E-state index in [4.69, 9.17) is 21.1 Å². The van der Waals surface area contributed by atoms with Crippen LogP contribution in [-0.4, -0.2) is 25.7 Å². The summed E-state index contributed by atoms with van der Waals surface area (Å²) >= 11 is 5.59. The van der Waals surface area contributed by atoms with Gasteiger partial charge in [0.15, 0.2) is 0 Å². The van der Waals surface area contributed by atoms with Crippen molar-refractivity contribution in [1.29, 1.82) is 0 Å². The van der Waals surface area contributed by atoms with Crippen LogP contribution in [0.2, 0.25) is 0 Å². The molecule has 0 N–H and O–H groups in total. The lowest BCUT2D eigenvalue weighted by Gasteiger charge is -2.08. The van der Waals surface area contributed by atoms with Gasteiger partial charge < -0.3 is 9.47 Å². The molecular formula is C17H23ClO2. The van der Waals surface area contributed by atoms with E-state index in [1.807, 2.05) is 24.3 Å². The number of alkyl halides is 1. The quantitative estimate of drug-likeness (QED) is 0.408. The Labute approximate surface area is 127 Å². The van der Waals surface area contributed by atoms with E-state index in [2.05, 4.69) is 25.7 Å². The Morgan fingerprint density at radius 2 is 2.05 bits per heavy atom. The fraction of sp³-hybridized carbons (Fsp3) is 0.529. The predicted octanol–water partition coefficient (Wildman–Crippen LogP) is 4.11. The Balaban J connectivity index is 2.27. The summed E-state index contributed by atoms with van der Waals surface area (Å²) in [6, 6.07) is 7.78. The molecule has 0 bridgehead atoms. The SMILES string of the molecule is CC(C)CCOCCOc1cccc(C#CCCCl)c1. The van der Waals surface area contributed by atoms with Gasteiger partial charge in [0, 0.05) is 24.5 Å². The third-order valence-corrected chi connectivity index (χ3v) is 2.81. The zero-order valence-electron chi connectivity index (χ0n) is 12.3. The van der Waals surface area contributed by atoms with E-state index in [0.29, 0.717) is 31.4 Å². The first-order valence-corrected chi connectivity index (χ1v) is 7.61. The number of ether oxygens (including phenoxy) is 2. The number of hydrogen-bond acceptors (Lipinski definition) is 2. The Kier molecular flexibility index (Phi) is 8.95. The summed E-state index contributed by atoms with van der Waals surface area (Å²) in [4.78, 5) is 0. The lowest BCUT2D eigenvalue weighted by molar-refractivity contribution is 0.0926. The molecule has 0 heterocycles. The molecule has 0 fully saturated rings. The van der Waals surface area contributed by atoms with Crippen LogP contribution in [0.15, 0.2) is 24.3 Å². The molecule has 0 unspecified atom stereocenters. The van der Waals surface area contributed by atoms with Crippen molar-refractivity contribution < 1.29 is 9.47 Å². The highest BCUT2D eigenvalue weighted by molar-refractivity contribution is 6.18. The highest BCUT2D eigenvalue weighted by atomic mass is 35.5. The van der Waals surface area contributed by atoms with Crippen LogP contribution in [0.4, 0.5) is 0 Å². The van der Waals surface area contributed by atoms with Crippen LogP contribution in [0.5, 0.6) is 5.75 Å². The maximum absolute atomic E-state index is 5.64. The van der Waals surface area contributed by atoms with Gasteiger partial charge in [-0.3, -0.25) is 0 Å². The van der Waals surface area contributed by atoms with Crippen LogP contribution < -0.4 is 4.74 Å². The van der Waals surface area contributed by atoms with Crippen LogP contribution in [0.1, 0.15) is 32.3 Å². The lowest BCUT2D eigenvalue weighted by atomic mass is 10.1. The Morgan fingerprint density at radius 3 is 2.80 bits per heavy atom. The molecular weight excluding hydrogens is 272 g/mol. The summed E-state index contributed by atoms with van der Waals surface area (Å²) in [6.07, 6.45) is 1.79.